The number of piperidine rings is 1. The maximum atomic E-state index is 13.1. The number of pyridine rings is 1. The molecule has 0 saturated carbocycles. The lowest BCUT2D eigenvalue weighted by atomic mass is 9.88. The van der Waals surface area contributed by atoms with Crippen molar-refractivity contribution in [1.82, 2.24) is 24.6 Å². The number of carbonyl (C=O) groups is 1. The molecular formula is C22H29F3N6O2. The molecule has 2 aromatic heterocycles. The number of nitrogens with one attached hydrogen (secondary N) is 1. The molecule has 2 saturated heterocycles. The molecule has 180 valence electrons. The number of likely N-dealkylation sites (tertiary alicyclic amines) is 2. The Kier molecular flexibility index (Phi) is 6.78. The lowest BCUT2D eigenvalue weighted by molar-refractivity contribution is -0.141. The van der Waals surface area contributed by atoms with Gasteiger partial charge in [0.05, 0.1) is 5.69 Å². The van der Waals surface area contributed by atoms with Crippen LogP contribution in [0, 0.1) is 0 Å². The summed E-state index contributed by atoms with van der Waals surface area (Å²) >= 11 is 0. The summed E-state index contributed by atoms with van der Waals surface area (Å²) in [5.74, 6) is 0.780. The molecule has 0 atom stereocenters. The molecule has 4 rings (SSSR count). The van der Waals surface area contributed by atoms with E-state index in [0.29, 0.717) is 43.0 Å². The molecule has 33 heavy (non-hydrogen) atoms. The van der Waals surface area contributed by atoms with Crippen molar-refractivity contribution in [3.05, 3.63) is 29.6 Å². The fourth-order valence-electron chi connectivity index (χ4n) is 4.68. The van der Waals surface area contributed by atoms with Crippen molar-refractivity contribution >= 4 is 11.9 Å². The number of aryl methyl sites for hydroxylation is 1. The van der Waals surface area contributed by atoms with Crippen molar-refractivity contribution in [2.75, 3.05) is 44.6 Å². The van der Waals surface area contributed by atoms with Crippen LogP contribution in [-0.2, 0) is 13.2 Å². The summed E-state index contributed by atoms with van der Waals surface area (Å²) in [5, 5.41) is 16.3. The molecule has 2 aromatic rings. The number of anilines is 1. The van der Waals surface area contributed by atoms with E-state index in [2.05, 4.69) is 20.3 Å². The van der Waals surface area contributed by atoms with E-state index in [0.717, 1.165) is 37.8 Å². The van der Waals surface area contributed by atoms with Crippen LogP contribution in [0.2, 0.25) is 0 Å². The Balaban J connectivity index is 1.58. The van der Waals surface area contributed by atoms with E-state index in [1.807, 2.05) is 6.07 Å². The van der Waals surface area contributed by atoms with Crippen LogP contribution in [-0.4, -0.2) is 75.0 Å². The van der Waals surface area contributed by atoms with Crippen LogP contribution in [0.5, 0.6) is 0 Å². The normalized spacial score (nSPS) is 18.1. The molecule has 2 N–H and O–H groups in total. The SMILES string of the molecule is Cn1nc(C(F)(F)F)cc1-c1cnc(NCCN2CCCC2)c(C2CCN(C(=O)O)CC2)c1. The van der Waals surface area contributed by atoms with Crippen LogP contribution in [0.4, 0.5) is 23.8 Å². The van der Waals surface area contributed by atoms with Crippen molar-refractivity contribution in [3.8, 4) is 11.3 Å². The Labute approximate surface area is 190 Å². The second-order valence-electron chi connectivity index (χ2n) is 8.72. The molecule has 0 bridgehead atoms. The standard InChI is InChI=1S/C22H29F3N6O2/c1-29-18(13-19(28-29)22(23,24)25)16-12-17(15-4-9-31(10-5-15)21(32)33)20(27-14-16)26-6-11-30-7-2-3-8-30/h12-15H,2-11H2,1H3,(H,26,27)(H,32,33). The van der Waals surface area contributed by atoms with Gasteiger partial charge in [0.2, 0.25) is 0 Å². The molecule has 8 nitrogen and oxygen atoms in total. The fraction of sp³-hybridized carbons (Fsp3) is 0.591. The van der Waals surface area contributed by atoms with Gasteiger partial charge in [0.1, 0.15) is 5.82 Å². The molecule has 0 aliphatic carbocycles. The molecule has 0 aromatic carbocycles. The number of carboxylic acid groups (broad SMARTS) is 1. The summed E-state index contributed by atoms with van der Waals surface area (Å²) < 4.78 is 40.6. The van der Waals surface area contributed by atoms with E-state index in [4.69, 9.17) is 0 Å². The largest absolute Gasteiger partial charge is 0.465 e. The molecule has 1 amide bonds. The summed E-state index contributed by atoms with van der Waals surface area (Å²) in [4.78, 5) is 19.6. The van der Waals surface area contributed by atoms with Gasteiger partial charge in [-0.15, -0.1) is 0 Å². The molecular weight excluding hydrogens is 437 g/mol. The number of nitrogens with zero attached hydrogens (tertiary/aromatic N) is 5. The second kappa shape index (κ2) is 9.58. The average Bonchev–Trinajstić information content (AvgIpc) is 3.43. The highest BCUT2D eigenvalue weighted by Crippen LogP contribution is 2.36. The van der Waals surface area contributed by atoms with E-state index in [1.165, 1.54) is 29.5 Å². The van der Waals surface area contributed by atoms with Gasteiger partial charge in [-0.3, -0.25) is 4.68 Å². The molecule has 0 spiro atoms. The van der Waals surface area contributed by atoms with Crippen molar-refractivity contribution in [3.63, 3.8) is 0 Å². The highest BCUT2D eigenvalue weighted by atomic mass is 19.4. The molecule has 2 aliphatic heterocycles. The monoisotopic (exact) mass is 466 g/mol. The Morgan fingerprint density at radius 2 is 1.88 bits per heavy atom. The number of hydrogen-bond acceptors (Lipinski definition) is 5. The minimum absolute atomic E-state index is 0.0673. The number of aromatic nitrogens is 3. The molecule has 2 fully saturated rings. The van der Waals surface area contributed by atoms with Crippen molar-refractivity contribution in [2.45, 2.75) is 37.8 Å². The smallest absolute Gasteiger partial charge is 0.435 e. The number of hydrogen-bond donors (Lipinski definition) is 2. The first-order valence-electron chi connectivity index (χ1n) is 11.3. The first-order chi connectivity index (χ1) is 15.7. The predicted octanol–water partition coefficient (Wildman–Crippen LogP) is 3.87. The van der Waals surface area contributed by atoms with Crippen LogP contribution >= 0.6 is 0 Å². The highest BCUT2D eigenvalue weighted by molar-refractivity contribution is 5.66. The highest BCUT2D eigenvalue weighted by Gasteiger charge is 2.35. The maximum absolute atomic E-state index is 13.1. The van der Waals surface area contributed by atoms with E-state index >= 15 is 0 Å². The van der Waals surface area contributed by atoms with Gasteiger partial charge in [0.25, 0.3) is 0 Å². The Bertz CT molecular complexity index is 979. The Morgan fingerprint density at radius 3 is 2.48 bits per heavy atom. The first-order valence-corrected chi connectivity index (χ1v) is 11.3. The van der Waals surface area contributed by atoms with Crippen molar-refractivity contribution in [1.29, 1.82) is 0 Å². The summed E-state index contributed by atoms with van der Waals surface area (Å²) in [6.45, 7) is 4.64. The van der Waals surface area contributed by atoms with Crippen molar-refractivity contribution < 1.29 is 23.1 Å². The first kappa shape index (κ1) is 23.3. The van der Waals surface area contributed by atoms with Crippen LogP contribution in [0.15, 0.2) is 18.3 Å². The summed E-state index contributed by atoms with van der Waals surface area (Å²) in [6, 6.07) is 2.91. The van der Waals surface area contributed by atoms with Crippen LogP contribution in [0.1, 0.15) is 42.9 Å². The van der Waals surface area contributed by atoms with E-state index < -0.39 is 18.0 Å². The zero-order valence-electron chi connectivity index (χ0n) is 18.6. The minimum atomic E-state index is -4.52. The van der Waals surface area contributed by atoms with Gasteiger partial charge < -0.3 is 20.2 Å². The fourth-order valence-corrected chi connectivity index (χ4v) is 4.68. The van der Waals surface area contributed by atoms with Crippen LogP contribution < -0.4 is 5.32 Å². The van der Waals surface area contributed by atoms with Gasteiger partial charge in [-0.2, -0.15) is 18.3 Å². The number of amides is 1. The van der Waals surface area contributed by atoms with E-state index in [9.17, 15) is 23.1 Å². The molecule has 0 radical (unpaired) electrons. The van der Waals surface area contributed by atoms with Crippen molar-refractivity contribution in [2.24, 2.45) is 7.05 Å². The van der Waals surface area contributed by atoms with Crippen LogP contribution in [0.3, 0.4) is 0 Å². The third-order valence-electron chi connectivity index (χ3n) is 6.51. The zero-order valence-corrected chi connectivity index (χ0v) is 18.6. The van der Waals surface area contributed by atoms with Crippen LogP contribution in [0.25, 0.3) is 11.3 Å². The molecule has 2 aliphatic rings. The Hall–Kier alpha value is -2.82. The van der Waals surface area contributed by atoms with Gasteiger partial charge >= 0.3 is 12.3 Å². The van der Waals surface area contributed by atoms with Gasteiger partial charge in [-0.25, -0.2) is 9.78 Å². The number of halogens is 3. The lowest BCUT2D eigenvalue weighted by Gasteiger charge is -2.31. The maximum Gasteiger partial charge on any atom is 0.435 e. The topological polar surface area (TPSA) is 86.5 Å². The second-order valence-corrected chi connectivity index (χ2v) is 8.72. The van der Waals surface area contributed by atoms with Gasteiger partial charge in [-0.1, -0.05) is 0 Å². The summed E-state index contributed by atoms with van der Waals surface area (Å²) in [7, 11) is 1.48. The molecule has 11 heteroatoms. The summed E-state index contributed by atoms with van der Waals surface area (Å²) in [5.41, 5.74) is 0.863. The molecule has 0 unspecified atom stereocenters. The number of alkyl halides is 3. The third-order valence-corrected chi connectivity index (χ3v) is 6.51. The molecule has 4 heterocycles. The van der Waals surface area contributed by atoms with E-state index in [1.54, 1.807) is 6.20 Å². The lowest BCUT2D eigenvalue weighted by Crippen LogP contribution is -2.37. The van der Waals surface area contributed by atoms with Gasteiger partial charge in [0, 0.05) is 45.0 Å². The minimum Gasteiger partial charge on any atom is -0.465 e. The quantitative estimate of drug-likeness (QED) is 0.672. The van der Waals surface area contributed by atoms with Gasteiger partial charge in [-0.05, 0) is 62.4 Å². The van der Waals surface area contributed by atoms with E-state index in [-0.39, 0.29) is 5.92 Å². The average molecular weight is 467 g/mol. The predicted molar refractivity (Wildman–Crippen MR) is 117 cm³/mol. The third kappa shape index (κ3) is 5.40. The Morgan fingerprint density at radius 1 is 1.18 bits per heavy atom. The summed E-state index contributed by atoms with van der Waals surface area (Å²) in [6.07, 6.45) is -0.179. The zero-order chi connectivity index (χ0) is 23.6. The number of rotatable bonds is 6. The van der Waals surface area contributed by atoms with Gasteiger partial charge in [0.15, 0.2) is 5.69 Å².